The molecule has 0 amide bonds. The molecule has 11 atom stereocenters. The molecule has 6 rings (SSSR count). The highest BCUT2D eigenvalue weighted by Crippen LogP contribution is 2.64. The molecule has 8 heteroatoms. The van der Waals surface area contributed by atoms with Crippen molar-refractivity contribution in [3.63, 3.8) is 0 Å². The summed E-state index contributed by atoms with van der Waals surface area (Å²) in [7, 11) is 0. The van der Waals surface area contributed by atoms with E-state index in [2.05, 4.69) is 0 Å². The van der Waals surface area contributed by atoms with Crippen LogP contribution in [0, 0.1) is 17.3 Å². The van der Waals surface area contributed by atoms with E-state index in [1.54, 1.807) is 6.92 Å². The van der Waals surface area contributed by atoms with Crippen LogP contribution in [0.15, 0.2) is 23.0 Å². The van der Waals surface area contributed by atoms with Gasteiger partial charge in [0.25, 0.3) is 0 Å². The lowest BCUT2D eigenvalue weighted by Gasteiger charge is -2.57. The fourth-order valence-electron chi connectivity index (χ4n) is 6.45. The number of hydrogen-bond acceptors (Lipinski definition) is 8. The molecule has 8 nitrogen and oxygen atoms in total. The van der Waals surface area contributed by atoms with Gasteiger partial charge in [0.1, 0.15) is 36.6 Å². The Bertz CT molecular complexity index is 875. The van der Waals surface area contributed by atoms with Crippen molar-refractivity contribution in [1.29, 1.82) is 0 Å². The van der Waals surface area contributed by atoms with Crippen LogP contribution in [0.5, 0.6) is 0 Å². The van der Waals surface area contributed by atoms with E-state index in [0.29, 0.717) is 12.0 Å². The lowest BCUT2D eigenvalue weighted by molar-refractivity contribution is -0.156. The van der Waals surface area contributed by atoms with E-state index >= 15 is 0 Å². The Morgan fingerprint density at radius 1 is 1.07 bits per heavy atom. The number of Topliss-reactive ketones (excluding diaryl/α,β-unsaturated/α-hetero) is 2. The minimum Gasteiger partial charge on any atom is -0.498 e. The number of fused-ring (bicyclic) bond motifs is 2. The number of carbonyl (C=O) groups excluding carboxylic acids is 2. The van der Waals surface area contributed by atoms with Crippen molar-refractivity contribution in [2.45, 2.75) is 69.1 Å². The molecule has 1 spiro atoms. The molecule has 0 radical (unpaired) electrons. The summed E-state index contributed by atoms with van der Waals surface area (Å²) >= 11 is 0. The first-order valence-electron chi connectivity index (χ1n) is 9.89. The number of aliphatic hydroxyl groups is 3. The summed E-state index contributed by atoms with van der Waals surface area (Å²) in [5, 5.41) is 33.2. The topological polar surface area (TPSA) is 129 Å². The van der Waals surface area contributed by atoms with E-state index in [9.17, 15) is 24.9 Å². The van der Waals surface area contributed by atoms with Crippen LogP contribution in [0.1, 0.15) is 20.3 Å². The summed E-state index contributed by atoms with van der Waals surface area (Å²) in [5.41, 5.74) is -0.645. The van der Waals surface area contributed by atoms with Crippen LogP contribution in [0.4, 0.5) is 0 Å². The van der Waals surface area contributed by atoms with Gasteiger partial charge >= 0.3 is 0 Å². The fraction of sp³-hybridized carbons (Fsp3) is 0.700. The predicted octanol–water partition coefficient (Wildman–Crippen LogP) is -0.989. The number of rotatable bonds is 1. The summed E-state index contributed by atoms with van der Waals surface area (Å²) in [4.78, 5) is 26.6. The largest absolute Gasteiger partial charge is 0.498 e. The van der Waals surface area contributed by atoms with Crippen molar-refractivity contribution in [3.8, 4) is 0 Å². The van der Waals surface area contributed by atoms with Gasteiger partial charge in [-0.1, -0.05) is 6.92 Å². The van der Waals surface area contributed by atoms with Crippen LogP contribution in [0.25, 0.3) is 0 Å². The standard InChI is InChI=1S/C20H22O8/c1-3-6-8-9(13(23)16-15(27-16)12(8)22)18(24)20-7(4-26-5(2)10(6)20)11(21)14-17(28-14)19(20)25/h4-6,10-11,13-18,21,23-24H,3H2,1-2H3/t5-,6+,10+,11-,13-,14+,15-,16+,17+,18-,20-/m0/s1. The summed E-state index contributed by atoms with van der Waals surface area (Å²) in [5.74, 6) is -1.48. The zero-order chi connectivity index (χ0) is 19.7. The Morgan fingerprint density at radius 3 is 2.46 bits per heavy atom. The summed E-state index contributed by atoms with van der Waals surface area (Å²) in [6, 6.07) is 0. The molecule has 6 aliphatic rings. The maximum absolute atomic E-state index is 13.6. The van der Waals surface area contributed by atoms with Crippen LogP contribution in [-0.4, -0.2) is 75.7 Å². The van der Waals surface area contributed by atoms with Gasteiger partial charge in [-0.3, -0.25) is 9.59 Å². The minimum absolute atomic E-state index is 0.173. The van der Waals surface area contributed by atoms with Crippen LogP contribution in [-0.2, 0) is 23.8 Å². The maximum Gasteiger partial charge on any atom is 0.190 e. The zero-order valence-corrected chi connectivity index (χ0v) is 15.4. The summed E-state index contributed by atoms with van der Waals surface area (Å²) < 4.78 is 16.6. The third-order valence-electron chi connectivity index (χ3n) is 7.70. The molecule has 3 heterocycles. The molecule has 3 aliphatic heterocycles. The molecular formula is C20H22O8. The van der Waals surface area contributed by atoms with E-state index < -0.39 is 66.1 Å². The maximum atomic E-state index is 13.6. The van der Waals surface area contributed by atoms with Gasteiger partial charge in [-0.25, -0.2) is 0 Å². The third-order valence-corrected chi connectivity index (χ3v) is 7.70. The quantitative estimate of drug-likeness (QED) is 0.487. The van der Waals surface area contributed by atoms with Gasteiger partial charge in [-0.15, -0.1) is 0 Å². The number of hydrogen-bond donors (Lipinski definition) is 3. The number of carbonyl (C=O) groups is 2. The summed E-state index contributed by atoms with van der Waals surface area (Å²) in [6.45, 7) is 3.71. The second-order valence-electron chi connectivity index (χ2n) is 8.76. The van der Waals surface area contributed by atoms with Crippen molar-refractivity contribution in [1.82, 2.24) is 0 Å². The van der Waals surface area contributed by atoms with Crippen LogP contribution >= 0.6 is 0 Å². The molecular weight excluding hydrogens is 368 g/mol. The fourth-order valence-corrected chi connectivity index (χ4v) is 6.45. The van der Waals surface area contributed by atoms with Crippen molar-refractivity contribution >= 4 is 11.6 Å². The molecule has 2 saturated heterocycles. The SMILES string of the molecule is CC[C@@H]1C2=C([C@H](O)[C@H]3O[C@H]3C2=O)[C@H](O)[C@]23C(=O)[C@@H]4O[C@@H]4[C@@H](O)C2=CO[C@@H](C)[C@H]13. The highest BCUT2D eigenvalue weighted by atomic mass is 16.6. The molecule has 0 aromatic rings. The first-order valence-corrected chi connectivity index (χ1v) is 9.89. The normalized spacial score (nSPS) is 55.8. The number of ketones is 2. The molecule has 0 aromatic heterocycles. The van der Waals surface area contributed by atoms with Gasteiger partial charge in [-0.05, 0) is 24.8 Å². The molecule has 0 bridgehead atoms. The van der Waals surface area contributed by atoms with Crippen molar-refractivity contribution < 1.29 is 39.1 Å². The van der Waals surface area contributed by atoms with Gasteiger partial charge < -0.3 is 29.5 Å². The summed E-state index contributed by atoms with van der Waals surface area (Å²) in [6.07, 6.45) is -5.01. The van der Waals surface area contributed by atoms with Gasteiger partial charge in [-0.2, -0.15) is 0 Å². The molecule has 0 aromatic carbocycles. The van der Waals surface area contributed by atoms with E-state index in [1.807, 2.05) is 6.92 Å². The Hall–Kier alpha value is -1.58. The van der Waals surface area contributed by atoms with Crippen LogP contribution in [0.3, 0.4) is 0 Å². The molecule has 3 fully saturated rings. The van der Waals surface area contributed by atoms with Gasteiger partial charge in [0.05, 0.1) is 23.9 Å². The highest BCUT2D eigenvalue weighted by Gasteiger charge is 2.75. The minimum atomic E-state index is -1.47. The Morgan fingerprint density at radius 2 is 1.75 bits per heavy atom. The van der Waals surface area contributed by atoms with Gasteiger partial charge in [0.15, 0.2) is 11.6 Å². The number of epoxide rings is 2. The first-order chi connectivity index (χ1) is 13.4. The van der Waals surface area contributed by atoms with Crippen molar-refractivity contribution in [3.05, 3.63) is 23.0 Å². The van der Waals surface area contributed by atoms with Crippen LogP contribution < -0.4 is 0 Å². The van der Waals surface area contributed by atoms with E-state index in [1.165, 1.54) is 6.26 Å². The Labute approximate surface area is 160 Å². The molecule has 28 heavy (non-hydrogen) atoms. The Kier molecular flexibility index (Phi) is 3.16. The van der Waals surface area contributed by atoms with Crippen LogP contribution in [0.2, 0.25) is 0 Å². The number of ether oxygens (including phenoxy) is 3. The predicted molar refractivity (Wildman–Crippen MR) is 90.7 cm³/mol. The molecule has 150 valence electrons. The van der Waals surface area contributed by atoms with E-state index in [4.69, 9.17) is 14.2 Å². The van der Waals surface area contributed by atoms with Crippen molar-refractivity contribution in [2.24, 2.45) is 17.3 Å². The monoisotopic (exact) mass is 390 g/mol. The van der Waals surface area contributed by atoms with Gasteiger partial charge in [0, 0.05) is 17.1 Å². The van der Waals surface area contributed by atoms with E-state index in [0.717, 1.165) is 0 Å². The lowest BCUT2D eigenvalue weighted by atomic mass is 9.47. The zero-order valence-electron chi connectivity index (χ0n) is 15.4. The lowest BCUT2D eigenvalue weighted by Crippen LogP contribution is -2.67. The molecule has 0 unspecified atom stereocenters. The highest BCUT2D eigenvalue weighted by molar-refractivity contribution is 6.06. The van der Waals surface area contributed by atoms with E-state index in [-0.39, 0.29) is 22.7 Å². The number of aliphatic hydroxyl groups excluding tert-OH is 3. The average Bonchev–Trinajstić information content (AvgIpc) is 3.57. The van der Waals surface area contributed by atoms with Gasteiger partial charge in [0.2, 0.25) is 0 Å². The second kappa shape index (κ2) is 5.12. The van der Waals surface area contributed by atoms with Crippen molar-refractivity contribution in [2.75, 3.05) is 0 Å². The smallest absolute Gasteiger partial charge is 0.190 e. The second-order valence-corrected chi connectivity index (χ2v) is 8.76. The average molecular weight is 390 g/mol. The molecule has 3 N–H and O–H groups in total. The molecule has 1 saturated carbocycles. The Balaban J connectivity index is 1.63. The molecule has 3 aliphatic carbocycles. The first kappa shape index (κ1) is 17.3. The third kappa shape index (κ3) is 1.68.